The molecular formula is C14H25BN2O3. The van der Waals surface area contributed by atoms with Gasteiger partial charge in [-0.25, -0.2) is 0 Å². The van der Waals surface area contributed by atoms with Gasteiger partial charge in [-0.3, -0.25) is 4.68 Å². The fraction of sp³-hybridized carbons (Fsp3) is 0.786. The topological polar surface area (TPSA) is 67.5 Å². The molecule has 0 aromatic carbocycles. The van der Waals surface area contributed by atoms with Crippen molar-refractivity contribution in [1.82, 2.24) is 9.78 Å². The minimum absolute atomic E-state index is 0.350. The van der Waals surface area contributed by atoms with Crippen molar-refractivity contribution >= 4 is 12.7 Å². The maximum absolute atomic E-state index is 10.4. The monoisotopic (exact) mass is 280 g/mol. The Morgan fingerprint density at radius 3 is 2.45 bits per heavy atom. The zero-order valence-electron chi connectivity index (χ0n) is 12.8. The first kappa shape index (κ1) is 15.5. The van der Waals surface area contributed by atoms with Crippen LogP contribution in [0.3, 0.4) is 0 Å². The Bertz CT molecular complexity index is 448. The Hall–Kier alpha value is -0.845. The third-order valence-electron chi connectivity index (χ3n) is 4.50. The number of rotatable bonds is 5. The van der Waals surface area contributed by atoms with Crippen molar-refractivity contribution in [3.8, 4) is 0 Å². The van der Waals surface area contributed by atoms with Crippen LogP contribution in [-0.4, -0.2) is 38.2 Å². The summed E-state index contributed by atoms with van der Waals surface area (Å²) < 4.78 is 7.56. The van der Waals surface area contributed by atoms with Crippen molar-refractivity contribution in [2.75, 3.05) is 0 Å². The Morgan fingerprint density at radius 1 is 1.30 bits per heavy atom. The van der Waals surface area contributed by atoms with Crippen LogP contribution in [0.5, 0.6) is 0 Å². The van der Waals surface area contributed by atoms with Gasteiger partial charge in [-0.05, 0) is 46.6 Å². The van der Waals surface area contributed by atoms with Crippen molar-refractivity contribution in [2.24, 2.45) is 0 Å². The number of hydrogen-bond donors (Lipinski definition) is 2. The molecule has 0 radical (unpaired) electrons. The van der Waals surface area contributed by atoms with Gasteiger partial charge in [-0.2, -0.15) is 5.10 Å². The highest BCUT2D eigenvalue weighted by Gasteiger charge is 2.40. The Morgan fingerprint density at radius 2 is 1.90 bits per heavy atom. The van der Waals surface area contributed by atoms with Gasteiger partial charge < -0.3 is 14.8 Å². The van der Waals surface area contributed by atoms with Gasteiger partial charge >= 0.3 is 7.12 Å². The quantitative estimate of drug-likeness (QED) is 0.797. The molecule has 1 aromatic rings. The molecule has 1 aliphatic carbocycles. The van der Waals surface area contributed by atoms with E-state index in [1.807, 2.05) is 4.68 Å². The normalized spacial score (nSPS) is 17.7. The second-order valence-electron chi connectivity index (χ2n) is 6.68. The summed E-state index contributed by atoms with van der Waals surface area (Å²) in [6.45, 7) is 6.89. The van der Waals surface area contributed by atoms with E-state index in [1.165, 1.54) is 12.8 Å². The maximum Gasteiger partial charge on any atom is 0.511 e. The van der Waals surface area contributed by atoms with Crippen LogP contribution in [0.2, 0.25) is 0 Å². The zero-order chi connectivity index (χ0) is 15.0. The first-order chi connectivity index (χ1) is 9.22. The largest absolute Gasteiger partial charge is 0.511 e. The Balaban J connectivity index is 2.14. The predicted molar refractivity (Wildman–Crippen MR) is 78.8 cm³/mol. The van der Waals surface area contributed by atoms with Gasteiger partial charge in [0.15, 0.2) is 0 Å². The third kappa shape index (κ3) is 3.08. The summed E-state index contributed by atoms with van der Waals surface area (Å²) in [6.07, 6.45) is 6.29. The molecule has 20 heavy (non-hydrogen) atoms. The molecule has 6 heteroatoms. The summed E-state index contributed by atoms with van der Waals surface area (Å²) in [5, 5.41) is 24.8. The van der Waals surface area contributed by atoms with Crippen LogP contribution in [0.4, 0.5) is 0 Å². The van der Waals surface area contributed by atoms with Crippen LogP contribution in [-0.2, 0) is 4.65 Å². The highest BCUT2D eigenvalue weighted by molar-refractivity contribution is 6.59. The first-order valence-electron chi connectivity index (χ1n) is 7.34. The highest BCUT2D eigenvalue weighted by atomic mass is 16.5. The number of hydrogen-bond acceptors (Lipinski definition) is 4. The molecule has 1 saturated carbocycles. The molecule has 1 fully saturated rings. The van der Waals surface area contributed by atoms with E-state index in [2.05, 4.69) is 5.10 Å². The fourth-order valence-electron chi connectivity index (χ4n) is 2.46. The lowest BCUT2D eigenvalue weighted by atomic mass is 9.80. The summed E-state index contributed by atoms with van der Waals surface area (Å²) >= 11 is 0. The zero-order valence-corrected chi connectivity index (χ0v) is 12.8. The number of aliphatic hydroxyl groups is 1. The summed E-state index contributed by atoms with van der Waals surface area (Å²) in [5.41, 5.74) is -1.25. The molecule has 5 nitrogen and oxygen atoms in total. The average molecular weight is 280 g/mol. The van der Waals surface area contributed by atoms with Crippen LogP contribution in [0.1, 0.15) is 59.4 Å². The van der Waals surface area contributed by atoms with Crippen molar-refractivity contribution in [3.63, 3.8) is 0 Å². The molecule has 1 aliphatic rings. The predicted octanol–water partition coefficient (Wildman–Crippen LogP) is 1.25. The van der Waals surface area contributed by atoms with E-state index in [0.717, 1.165) is 12.8 Å². The first-order valence-corrected chi connectivity index (χ1v) is 7.34. The summed E-state index contributed by atoms with van der Waals surface area (Å²) in [6, 6.07) is 2.13. The molecule has 0 bridgehead atoms. The minimum Gasteiger partial charge on any atom is -0.422 e. The van der Waals surface area contributed by atoms with Gasteiger partial charge in [-0.15, -0.1) is 0 Å². The molecule has 112 valence electrons. The molecule has 0 saturated heterocycles. The molecule has 1 heterocycles. The van der Waals surface area contributed by atoms with Crippen molar-refractivity contribution in [1.29, 1.82) is 0 Å². The number of aromatic nitrogens is 2. The van der Waals surface area contributed by atoms with Crippen molar-refractivity contribution in [2.45, 2.75) is 70.6 Å². The lowest BCUT2D eigenvalue weighted by Gasteiger charge is -2.38. The lowest BCUT2D eigenvalue weighted by molar-refractivity contribution is -0.0984. The molecule has 0 aliphatic heterocycles. The van der Waals surface area contributed by atoms with Crippen LogP contribution in [0.15, 0.2) is 12.3 Å². The molecule has 2 rings (SSSR count). The van der Waals surface area contributed by atoms with Crippen LogP contribution in [0.25, 0.3) is 0 Å². The summed E-state index contributed by atoms with van der Waals surface area (Å²) in [4.78, 5) is 0. The SMILES string of the molecule is CC(C)(O)C(C)(C)OB(O)c1ccnn1C1CCCC1. The van der Waals surface area contributed by atoms with E-state index in [1.54, 1.807) is 40.0 Å². The van der Waals surface area contributed by atoms with Crippen molar-refractivity contribution < 1.29 is 14.8 Å². The van der Waals surface area contributed by atoms with E-state index in [0.29, 0.717) is 11.6 Å². The maximum atomic E-state index is 10.4. The van der Waals surface area contributed by atoms with Gasteiger partial charge in [0.2, 0.25) is 0 Å². The van der Waals surface area contributed by atoms with Crippen LogP contribution in [0, 0.1) is 0 Å². The molecule has 2 N–H and O–H groups in total. The van der Waals surface area contributed by atoms with E-state index >= 15 is 0 Å². The van der Waals surface area contributed by atoms with Gasteiger partial charge in [0.05, 0.1) is 22.8 Å². The minimum atomic E-state index is -1.08. The second-order valence-corrected chi connectivity index (χ2v) is 6.68. The second kappa shape index (κ2) is 5.50. The summed E-state index contributed by atoms with van der Waals surface area (Å²) in [5.74, 6) is 0. The third-order valence-corrected chi connectivity index (χ3v) is 4.50. The molecule has 0 unspecified atom stereocenters. The Labute approximate surface area is 121 Å². The van der Waals surface area contributed by atoms with Gasteiger partial charge in [-0.1, -0.05) is 12.8 Å². The molecular weight excluding hydrogens is 255 g/mol. The fourth-order valence-corrected chi connectivity index (χ4v) is 2.46. The molecule has 0 atom stereocenters. The Kier molecular flexibility index (Phi) is 4.28. The molecule has 0 spiro atoms. The van der Waals surface area contributed by atoms with Crippen molar-refractivity contribution in [3.05, 3.63) is 12.3 Å². The van der Waals surface area contributed by atoms with E-state index in [4.69, 9.17) is 4.65 Å². The highest BCUT2D eigenvalue weighted by Crippen LogP contribution is 2.29. The summed E-state index contributed by atoms with van der Waals surface area (Å²) in [7, 11) is -1.08. The van der Waals surface area contributed by atoms with Gasteiger partial charge in [0.25, 0.3) is 0 Å². The van der Waals surface area contributed by atoms with E-state index in [-0.39, 0.29) is 0 Å². The number of nitrogens with zero attached hydrogens (tertiary/aromatic N) is 2. The molecule has 0 amide bonds. The van der Waals surface area contributed by atoms with E-state index < -0.39 is 18.3 Å². The standard InChI is InChI=1S/C14H25BN2O3/c1-13(2,18)14(3,4)20-15(19)12-9-10-16-17(12)11-7-5-6-8-11/h9-11,18-19H,5-8H2,1-4H3. The van der Waals surface area contributed by atoms with E-state index in [9.17, 15) is 10.1 Å². The lowest BCUT2D eigenvalue weighted by Crippen LogP contribution is -2.54. The molecule has 1 aromatic heterocycles. The van der Waals surface area contributed by atoms with Crippen LogP contribution >= 0.6 is 0 Å². The van der Waals surface area contributed by atoms with Crippen LogP contribution < -0.4 is 5.59 Å². The average Bonchev–Trinajstić information content (AvgIpc) is 2.97. The van der Waals surface area contributed by atoms with Gasteiger partial charge in [0, 0.05) is 6.20 Å². The smallest absolute Gasteiger partial charge is 0.422 e. The van der Waals surface area contributed by atoms with Gasteiger partial charge in [0.1, 0.15) is 0 Å².